The Morgan fingerprint density at radius 3 is 2.41 bits per heavy atom. The van der Waals surface area contributed by atoms with E-state index in [1.807, 2.05) is 86.7 Å². The lowest BCUT2D eigenvalue weighted by Gasteiger charge is -2.14. The summed E-state index contributed by atoms with van der Waals surface area (Å²) in [5, 5.41) is 0. The summed E-state index contributed by atoms with van der Waals surface area (Å²) in [6, 6.07) is 21.7. The number of rotatable bonds is 8. The van der Waals surface area contributed by atoms with Crippen LogP contribution in [-0.2, 0) is 11.3 Å². The summed E-state index contributed by atoms with van der Waals surface area (Å²) >= 11 is 10.3. The van der Waals surface area contributed by atoms with Gasteiger partial charge in [-0.2, -0.15) is 0 Å². The smallest absolute Gasteiger partial charge is 0.266 e. The van der Waals surface area contributed by atoms with Crippen LogP contribution in [0.15, 0.2) is 76.1 Å². The van der Waals surface area contributed by atoms with Crippen LogP contribution >= 0.6 is 39.9 Å². The zero-order valence-corrected chi connectivity index (χ0v) is 22.1. The standard InChI is InChI=1S/C27H24BrNO3S2/c1-18-7-6-8-19(2)25(18)32-14-13-31-23-12-11-22(28)15-21(23)16-24-26(30)29(27(33)34-24)17-20-9-4-3-5-10-20/h3-12,15-16H,13-14,17H2,1-2H3. The zero-order valence-electron chi connectivity index (χ0n) is 18.9. The molecule has 0 spiro atoms. The van der Waals surface area contributed by atoms with Crippen molar-refractivity contribution in [3.8, 4) is 11.5 Å². The molecule has 4 nitrogen and oxygen atoms in total. The Balaban J connectivity index is 1.45. The molecule has 1 aliphatic rings. The first-order valence-corrected chi connectivity index (χ1v) is 12.8. The highest BCUT2D eigenvalue weighted by Crippen LogP contribution is 2.36. The number of nitrogens with zero attached hydrogens (tertiary/aromatic N) is 1. The van der Waals surface area contributed by atoms with Crippen molar-refractivity contribution in [3.05, 3.63) is 98.4 Å². The lowest BCUT2D eigenvalue weighted by Crippen LogP contribution is -2.27. The van der Waals surface area contributed by atoms with E-state index in [2.05, 4.69) is 15.9 Å². The SMILES string of the molecule is Cc1cccc(C)c1OCCOc1ccc(Br)cc1C=C1SC(=S)N(Cc2ccccc2)C1=O. The maximum atomic E-state index is 13.1. The second-order valence-electron chi connectivity index (χ2n) is 7.85. The molecule has 1 aliphatic heterocycles. The third-order valence-electron chi connectivity index (χ3n) is 5.31. The van der Waals surface area contributed by atoms with Crippen LogP contribution in [0.2, 0.25) is 0 Å². The van der Waals surface area contributed by atoms with Crippen LogP contribution < -0.4 is 9.47 Å². The van der Waals surface area contributed by atoms with Gasteiger partial charge in [0.25, 0.3) is 5.91 Å². The molecule has 3 aromatic carbocycles. The van der Waals surface area contributed by atoms with Crippen LogP contribution in [0.25, 0.3) is 6.08 Å². The van der Waals surface area contributed by atoms with Crippen molar-refractivity contribution < 1.29 is 14.3 Å². The van der Waals surface area contributed by atoms with Crippen LogP contribution in [0, 0.1) is 13.8 Å². The van der Waals surface area contributed by atoms with Crippen LogP contribution in [0.1, 0.15) is 22.3 Å². The van der Waals surface area contributed by atoms with Crippen LogP contribution in [-0.4, -0.2) is 28.3 Å². The second-order valence-corrected chi connectivity index (χ2v) is 10.4. The zero-order chi connectivity index (χ0) is 24.1. The first-order valence-electron chi connectivity index (χ1n) is 10.8. The number of halogens is 1. The van der Waals surface area contributed by atoms with Gasteiger partial charge in [-0.05, 0) is 54.8 Å². The van der Waals surface area contributed by atoms with E-state index in [0.717, 1.165) is 32.5 Å². The van der Waals surface area contributed by atoms with E-state index in [1.54, 1.807) is 4.90 Å². The number of aryl methyl sites for hydroxylation is 2. The van der Waals surface area contributed by atoms with Crippen molar-refractivity contribution in [2.24, 2.45) is 0 Å². The minimum atomic E-state index is -0.0943. The number of thiocarbonyl (C=S) groups is 1. The van der Waals surface area contributed by atoms with Gasteiger partial charge in [0.1, 0.15) is 29.0 Å². The van der Waals surface area contributed by atoms with E-state index in [0.29, 0.717) is 34.7 Å². The Morgan fingerprint density at radius 2 is 1.68 bits per heavy atom. The molecule has 3 aromatic rings. The molecule has 0 aliphatic carbocycles. The number of hydrogen-bond donors (Lipinski definition) is 0. The Morgan fingerprint density at radius 1 is 0.971 bits per heavy atom. The Labute approximate surface area is 218 Å². The average molecular weight is 555 g/mol. The summed E-state index contributed by atoms with van der Waals surface area (Å²) in [5.74, 6) is 1.48. The largest absolute Gasteiger partial charge is 0.489 e. The van der Waals surface area contributed by atoms with E-state index in [-0.39, 0.29) is 5.91 Å². The molecule has 0 aromatic heterocycles. The number of ether oxygens (including phenoxy) is 2. The van der Waals surface area contributed by atoms with Crippen LogP contribution in [0.5, 0.6) is 11.5 Å². The molecule has 0 unspecified atom stereocenters. The molecule has 1 heterocycles. The molecule has 0 N–H and O–H groups in total. The molecule has 7 heteroatoms. The predicted molar refractivity (Wildman–Crippen MR) is 146 cm³/mol. The van der Waals surface area contributed by atoms with Gasteiger partial charge in [0.2, 0.25) is 0 Å². The van der Waals surface area contributed by atoms with Gasteiger partial charge in [-0.1, -0.05) is 88.4 Å². The predicted octanol–water partition coefficient (Wildman–Crippen LogP) is 6.93. The molecule has 4 rings (SSSR count). The van der Waals surface area contributed by atoms with E-state index in [4.69, 9.17) is 21.7 Å². The summed E-state index contributed by atoms with van der Waals surface area (Å²) < 4.78 is 13.4. The van der Waals surface area contributed by atoms with Crippen molar-refractivity contribution in [3.63, 3.8) is 0 Å². The molecule has 0 bridgehead atoms. The van der Waals surface area contributed by atoms with Crippen molar-refractivity contribution in [1.29, 1.82) is 0 Å². The van der Waals surface area contributed by atoms with Gasteiger partial charge >= 0.3 is 0 Å². The van der Waals surface area contributed by atoms with Gasteiger partial charge in [0.15, 0.2) is 0 Å². The highest BCUT2D eigenvalue weighted by Gasteiger charge is 2.32. The first-order chi connectivity index (χ1) is 16.4. The number of para-hydroxylation sites is 1. The maximum Gasteiger partial charge on any atom is 0.266 e. The summed E-state index contributed by atoms with van der Waals surface area (Å²) in [4.78, 5) is 15.3. The number of carbonyl (C=O) groups is 1. The van der Waals surface area contributed by atoms with Crippen molar-refractivity contribution in [2.45, 2.75) is 20.4 Å². The third kappa shape index (κ3) is 5.90. The maximum absolute atomic E-state index is 13.1. The van der Waals surface area contributed by atoms with E-state index in [9.17, 15) is 4.79 Å². The van der Waals surface area contributed by atoms with Crippen LogP contribution in [0.3, 0.4) is 0 Å². The van der Waals surface area contributed by atoms with Gasteiger partial charge in [-0.25, -0.2) is 0 Å². The fraction of sp³-hybridized carbons (Fsp3) is 0.185. The van der Waals surface area contributed by atoms with Gasteiger partial charge in [-0.15, -0.1) is 0 Å². The lowest BCUT2D eigenvalue weighted by molar-refractivity contribution is -0.122. The highest BCUT2D eigenvalue weighted by atomic mass is 79.9. The summed E-state index contributed by atoms with van der Waals surface area (Å²) in [5.41, 5.74) is 4.04. The van der Waals surface area contributed by atoms with Gasteiger partial charge in [0, 0.05) is 10.0 Å². The number of hydrogen-bond acceptors (Lipinski definition) is 5. The molecular weight excluding hydrogens is 530 g/mol. The number of benzene rings is 3. The number of carbonyl (C=O) groups excluding carboxylic acids is 1. The summed E-state index contributed by atoms with van der Waals surface area (Å²) in [6.07, 6.45) is 1.84. The Kier molecular flexibility index (Phi) is 8.08. The Hall–Kier alpha value is -2.61. The molecule has 1 amide bonds. The van der Waals surface area contributed by atoms with E-state index >= 15 is 0 Å². The van der Waals surface area contributed by atoms with Crippen molar-refractivity contribution in [1.82, 2.24) is 4.90 Å². The average Bonchev–Trinajstić information content (AvgIpc) is 3.07. The van der Waals surface area contributed by atoms with E-state index in [1.165, 1.54) is 11.8 Å². The van der Waals surface area contributed by atoms with Gasteiger partial charge in [0.05, 0.1) is 11.4 Å². The molecular formula is C27H24BrNO3S2. The monoisotopic (exact) mass is 553 g/mol. The quantitative estimate of drug-likeness (QED) is 0.172. The lowest BCUT2D eigenvalue weighted by atomic mass is 10.1. The van der Waals surface area contributed by atoms with Crippen molar-refractivity contribution in [2.75, 3.05) is 13.2 Å². The summed E-state index contributed by atoms with van der Waals surface area (Å²) in [6.45, 7) is 5.32. The highest BCUT2D eigenvalue weighted by molar-refractivity contribution is 9.10. The second kappa shape index (κ2) is 11.2. The minimum absolute atomic E-state index is 0.0943. The molecule has 174 valence electrons. The summed E-state index contributed by atoms with van der Waals surface area (Å²) in [7, 11) is 0. The van der Waals surface area contributed by atoms with Gasteiger partial charge in [-0.3, -0.25) is 9.69 Å². The minimum Gasteiger partial charge on any atom is -0.489 e. The molecule has 0 radical (unpaired) electrons. The fourth-order valence-electron chi connectivity index (χ4n) is 3.63. The third-order valence-corrected chi connectivity index (χ3v) is 7.18. The molecule has 34 heavy (non-hydrogen) atoms. The molecule has 0 atom stereocenters. The Bertz CT molecular complexity index is 1220. The normalized spacial score (nSPS) is 14.7. The molecule has 0 saturated carbocycles. The fourth-order valence-corrected chi connectivity index (χ4v) is 5.25. The van der Waals surface area contributed by atoms with Crippen molar-refractivity contribution >= 4 is 56.2 Å². The van der Waals surface area contributed by atoms with Gasteiger partial charge < -0.3 is 9.47 Å². The first kappa shape index (κ1) is 24.5. The van der Waals surface area contributed by atoms with Crippen LogP contribution in [0.4, 0.5) is 0 Å². The van der Waals surface area contributed by atoms with E-state index < -0.39 is 0 Å². The number of amides is 1. The topological polar surface area (TPSA) is 38.8 Å². The number of thioether (sulfide) groups is 1. The molecule has 1 saturated heterocycles. The molecule has 1 fully saturated rings.